The molecule has 0 amide bonds. The van der Waals surface area contributed by atoms with Crippen LogP contribution in [0.15, 0.2) is 58.3 Å². The van der Waals surface area contributed by atoms with Crippen LogP contribution in [0.25, 0.3) is 0 Å². The number of rotatable bonds is 5. The van der Waals surface area contributed by atoms with Crippen molar-refractivity contribution in [3.05, 3.63) is 53.6 Å². The van der Waals surface area contributed by atoms with Crippen LogP contribution in [-0.4, -0.2) is 21.2 Å². The molecule has 0 saturated heterocycles. The minimum atomic E-state index is -3.61. The summed E-state index contributed by atoms with van der Waals surface area (Å²) in [7, 11) is -3.61. The fourth-order valence-corrected chi connectivity index (χ4v) is 4.19. The number of halogens is 1. The lowest BCUT2D eigenvalue weighted by Gasteiger charge is -2.23. The Bertz CT molecular complexity index is 715. The zero-order valence-electron chi connectivity index (χ0n) is 11.8. The summed E-state index contributed by atoms with van der Waals surface area (Å²) in [5, 5.41) is 0.420. The van der Waals surface area contributed by atoms with E-state index < -0.39 is 10.0 Å². The highest BCUT2D eigenvalue weighted by Crippen LogP contribution is 2.30. The van der Waals surface area contributed by atoms with E-state index in [2.05, 4.69) is 0 Å². The minimum Gasteiger partial charge on any atom is -0.265 e. The van der Waals surface area contributed by atoms with Gasteiger partial charge < -0.3 is 0 Å². The van der Waals surface area contributed by atoms with Crippen molar-refractivity contribution in [2.75, 3.05) is 17.1 Å². The summed E-state index contributed by atoms with van der Waals surface area (Å²) in [6, 6.07) is 13.8. The topological polar surface area (TPSA) is 37.4 Å². The van der Waals surface area contributed by atoms with Gasteiger partial charge >= 0.3 is 0 Å². The summed E-state index contributed by atoms with van der Waals surface area (Å²) < 4.78 is 26.9. The third-order valence-corrected chi connectivity index (χ3v) is 6.02. The van der Waals surface area contributed by atoms with E-state index in [4.69, 9.17) is 11.6 Å². The summed E-state index contributed by atoms with van der Waals surface area (Å²) in [6.07, 6.45) is 1.95. The molecule has 0 radical (unpaired) electrons. The van der Waals surface area contributed by atoms with E-state index in [1.165, 1.54) is 4.31 Å². The molecule has 0 fully saturated rings. The second-order valence-electron chi connectivity index (χ2n) is 4.30. The molecule has 2 aromatic rings. The summed E-state index contributed by atoms with van der Waals surface area (Å²) in [4.78, 5) is 1.29. The Labute approximate surface area is 135 Å². The van der Waals surface area contributed by atoms with E-state index in [-0.39, 0.29) is 4.90 Å². The normalized spacial score (nSPS) is 11.4. The first-order valence-electron chi connectivity index (χ1n) is 6.42. The number of anilines is 1. The van der Waals surface area contributed by atoms with Gasteiger partial charge in [-0.25, -0.2) is 8.42 Å². The van der Waals surface area contributed by atoms with Crippen LogP contribution in [0.5, 0.6) is 0 Å². The Hall–Kier alpha value is -1.17. The van der Waals surface area contributed by atoms with Crippen LogP contribution in [-0.2, 0) is 10.0 Å². The van der Waals surface area contributed by atoms with E-state index in [9.17, 15) is 8.42 Å². The highest BCUT2D eigenvalue weighted by molar-refractivity contribution is 7.98. The van der Waals surface area contributed by atoms with E-state index in [0.717, 1.165) is 4.90 Å². The van der Waals surface area contributed by atoms with Gasteiger partial charge in [0.05, 0.1) is 15.6 Å². The monoisotopic (exact) mass is 341 g/mol. The van der Waals surface area contributed by atoms with Gasteiger partial charge in [0.1, 0.15) is 0 Å². The van der Waals surface area contributed by atoms with Crippen LogP contribution in [0.1, 0.15) is 6.92 Å². The average Bonchev–Trinajstić information content (AvgIpc) is 2.50. The lowest BCUT2D eigenvalue weighted by molar-refractivity contribution is 0.592. The molecule has 0 saturated carbocycles. The zero-order chi connectivity index (χ0) is 15.5. The van der Waals surface area contributed by atoms with Crippen molar-refractivity contribution in [3.63, 3.8) is 0 Å². The molecule has 0 heterocycles. The number of hydrogen-bond acceptors (Lipinski definition) is 3. The standard InChI is InChI=1S/C15H16ClNO2S2/c1-3-17(15-7-5-4-6-14(15)16)21(18,19)13-10-8-12(20-2)9-11-13/h4-11H,3H2,1-2H3. The molecular weight excluding hydrogens is 326 g/mol. The Morgan fingerprint density at radius 1 is 1.10 bits per heavy atom. The highest BCUT2D eigenvalue weighted by atomic mass is 35.5. The molecule has 0 atom stereocenters. The van der Waals surface area contributed by atoms with Crippen molar-refractivity contribution in [1.29, 1.82) is 0 Å². The summed E-state index contributed by atoms with van der Waals surface area (Å²) in [5.41, 5.74) is 0.496. The Balaban J connectivity index is 2.47. The zero-order valence-corrected chi connectivity index (χ0v) is 14.2. The number of thioether (sulfide) groups is 1. The predicted octanol–water partition coefficient (Wildman–Crippen LogP) is 4.28. The minimum absolute atomic E-state index is 0.266. The van der Waals surface area contributed by atoms with Crippen LogP contribution < -0.4 is 4.31 Å². The molecule has 2 aromatic carbocycles. The predicted molar refractivity (Wildman–Crippen MR) is 89.9 cm³/mol. The first-order valence-corrected chi connectivity index (χ1v) is 9.46. The molecular formula is C15H16ClNO2S2. The van der Waals surface area contributed by atoms with E-state index >= 15 is 0 Å². The molecule has 6 heteroatoms. The fraction of sp³-hybridized carbons (Fsp3) is 0.200. The van der Waals surface area contributed by atoms with Crippen molar-refractivity contribution >= 4 is 39.1 Å². The maximum atomic E-state index is 12.8. The second-order valence-corrected chi connectivity index (χ2v) is 7.45. The lowest BCUT2D eigenvalue weighted by Crippen LogP contribution is -2.31. The molecule has 0 spiro atoms. The van der Waals surface area contributed by atoms with Gasteiger partial charge in [-0.15, -0.1) is 11.8 Å². The van der Waals surface area contributed by atoms with Crippen molar-refractivity contribution in [3.8, 4) is 0 Å². The molecule has 0 aromatic heterocycles. The van der Waals surface area contributed by atoms with Gasteiger partial charge in [0.2, 0.25) is 0 Å². The summed E-state index contributed by atoms with van der Waals surface area (Å²) in [5.74, 6) is 0. The SMILES string of the molecule is CCN(c1ccccc1Cl)S(=O)(=O)c1ccc(SC)cc1. The van der Waals surface area contributed by atoms with Crippen LogP contribution >= 0.6 is 23.4 Å². The first-order chi connectivity index (χ1) is 10.0. The molecule has 0 aliphatic heterocycles. The Morgan fingerprint density at radius 3 is 2.24 bits per heavy atom. The third-order valence-electron chi connectivity index (χ3n) is 3.06. The fourth-order valence-electron chi connectivity index (χ4n) is 2.00. The van der Waals surface area contributed by atoms with Gasteiger partial charge in [0, 0.05) is 11.4 Å². The van der Waals surface area contributed by atoms with Crippen molar-refractivity contribution in [2.45, 2.75) is 16.7 Å². The number of sulfonamides is 1. The van der Waals surface area contributed by atoms with Gasteiger partial charge in [-0.05, 0) is 49.6 Å². The van der Waals surface area contributed by atoms with Gasteiger partial charge in [-0.2, -0.15) is 0 Å². The number of hydrogen-bond donors (Lipinski definition) is 0. The Kier molecular flexibility index (Phi) is 5.19. The highest BCUT2D eigenvalue weighted by Gasteiger charge is 2.24. The molecule has 0 N–H and O–H groups in total. The average molecular weight is 342 g/mol. The van der Waals surface area contributed by atoms with Gasteiger partial charge in [0.15, 0.2) is 0 Å². The third kappa shape index (κ3) is 3.36. The van der Waals surface area contributed by atoms with E-state index in [0.29, 0.717) is 17.3 Å². The molecule has 3 nitrogen and oxygen atoms in total. The molecule has 0 unspecified atom stereocenters. The van der Waals surface area contributed by atoms with Crippen LogP contribution in [0.3, 0.4) is 0 Å². The molecule has 0 bridgehead atoms. The number of para-hydroxylation sites is 1. The summed E-state index contributed by atoms with van der Waals surface area (Å²) >= 11 is 7.70. The maximum absolute atomic E-state index is 12.8. The summed E-state index contributed by atoms with van der Waals surface area (Å²) in [6.45, 7) is 2.10. The van der Waals surface area contributed by atoms with Crippen molar-refractivity contribution in [2.24, 2.45) is 0 Å². The quantitative estimate of drug-likeness (QED) is 0.762. The Morgan fingerprint density at radius 2 is 1.71 bits per heavy atom. The van der Waals surface area contributed by atoms with E-state index in [1.807, 2.05) is 6.26 Å². The van der Waals surface area contributed by atoms with Crippen LogP contribution in [0.4, 0.5) is 5.69 Å². The van der Waals surface area contributed by atoms with Crippen molar-refractivity contribution < 1.29 is 8.42 Å². The van der Waals surface area contributed by atoms with Gasteiger partial charge in [0.25, 0.3) is 10.0 Å². The molecule has 0 aliphatic rings. The molecule has 112 valence electrons. The largest absolute Gasteiger partial charge is 0.265 e. The van der Waals surface area contributed by atoms with Crippen LogP contribution in [0.2, 0.25) is 5.02 Å². The van der Waals surface area contributed by atoms with Crippen LogP contribution in [0, 0.1) is 0 Å². The lowest BCUT2D eigenvalue weighted by atomic mass is 10.3. The van der Waals surface area contributed by atoms with Crippen molar-refractivity contribution in [1.82, 2.24) is 0 Å². The second kappa shape index (κ2) is 6.73. The smallest absolute Gasteiger partial charge is 0.264 e. The van der Waals surface area contributed by atoms with Gasteiger partial charge in [-0.1, -0.05) is 23.7 Å². The molecule has 21 heavy (non-hydrogen) atoms. The maximum Gasteiger partial charge on any atom is 0.264 e. The number of benzene rings is 2. The van der Waals surface area contributed by atoms with E-state index in [1.54, 1.807) is 67.2 Å². The first kappa shape index (κ1) is 16.2. The molecule has 0 aliphatic carbocycles. The number of nitrogens with zero attached hydrogens (tertiary/aromatic N) is 1. The van der Waals surface area contributed by atoms with Gasteiger partial charge in [-0.3, -0.25) is 4.31 Å². The molecule has 2 rings (SSSR count).